The Hall–Kier alpha value is -3.08. The molecule has 0 bridgehead atoms. The fraction of sp³-hybridized carbons (Fsp3) is 0.286. The van der Waals surface area contributed by atoms with Crippen molar-refractivity contribution < 1.29 is 18.9 Å². The predicted molar refractivity (Wildman–Crippen MR) is 121 cm³/mol. The molecule has 0 aliphatic carbocycles. The van der Waals surface area contributed by atoms with Crippen LogP contribution in [0.3, 0.4) is 0 Å². The van der Waals surface area contributed by atoms with Gasteiger partial charge in [0.2, 0.25) is 0 Å². The van der Waals surface area contributed by atoms with E-state index in [0.717, 1.165) is 6.42 Å². The number of nitrogens with zero attached hydrogens (tertiary/aromatic N) is 3. The van der Waals surface area contributed by atoms with E-state index in [1.807, 2.05) is 0 Å². The molecule has 4 rings (SSSR count). The maximum Gasteiger partial charge on any atom is 0.267 e. The van der Waals surface area contributed by atoms with Gasteiger partial charge in [-0.05, 0) is 36.6 Å². The van der Waals surface area contributed by atoms with Crippen molar-refractivity contribution in [3.8, 4) is 11.5 Å². The fourth-order valence-electron chi connectivity index (χ4n) is 3.47. The van der Waals surface area contributed by atoms with Crippen molar-refractivity contribution in [3.05, 3.63) is 52.4 Å². The van der Waals surface area contributed by atoms with Gasteiger partial charge in [-0.25, -0.2) is 4.98 Å². The van der Waals surface area contributed by atoms with E-state index in [-0.39, 0.29) is 22.0 Å². The molecule has 0 saturated carbocycles. The zero-order valence-electron chi connectivity index (χ0n) is 17.4. The highest BCUT2D eigenvalue weighted by molar-refractivity contribution is 8.23. The Balaban J connectivity index is 1.92. The highest BCUT2D eigenvalue weighted by atomic mass is 32.3. The van der Waals surface area contributed by atoms with E-state index in [2.05, 4.69) is 28.5 Å². The summed E-state index contributed by atoms with van der Waals surface area (Å²) in [6.07, 6.45) is 2.29. The summed E-state index contributed by atoms with van der Waals surface area (Å²) in [6, 6.07) is 8.05. The Morgan fingerprint density at radius 2 is 2.03 bits per heavy atom. The quantitative estimate of drug-likeness (QED) is 0.467. The number of ether oxygens (including phenoxy) is 1. The first-order chi connectivity index (χ1) is 14.7. The molecule has 2 aromatic heterocycles. The van der Waals surface area contributed by atoms with Gasteiger partial charge in [0.25, 0.3) is 5.56 Å². The van der Waals surface area contributed by atoms with Crippen LogP contribution >= 0.6 is 10.8 Å². The van der Waals surface area contributed by atoms with Gasteiger partial charge in [-0.2, -0.15) is 0 Å². The van der Waals surface area contributed by atoms with E-state index < -0.39 is 16.3 Å². The number of aryl methyl sites for hydroxylation is 1. The molecule has 4 N–H and O–H groups in total. The van der Waals surface area contributed by atoms with Crippen LogP contribution in [0.1, 0.15) is 25.8 Å². The third kappa shape index (κ3) is 3.73. The van der Waals surface area contributed by atoms with Gasteiger partial charge in [-0.15, -0.1) is 4.40 Å². The van der Waals surface area contributed by atoms with Gasteiger partial charge in [0.15, 0.2) is 5.84 Å². The van der Waals surface area contributed by atoms with E-state index in [1.165, 1.54) is 17.7 Å². The van der Waals surface area contributed by atoms with Crippen molar-refractivity contribution in [2.45, 2.75) is 31.7 Å². The minimum absolute atomic E-state index is 0.107. The van der Waals surface area contributed by atoms with Gasteiger partial charge in [-0.1, -0.05) is 24.6 Å². The minimum Gasteiger partial charge on any atom is -0.506 e. The van der Waals surface area contributed by atoms with Crippen LogP contribution in [0.2, 0.25) is 0 Å². The monoisotopic (exact) mass is 444 g/mol. The Labute approximate surface area is 180 Å². The number of hydrogen-bond acceptors (Lipinski definition) is 8. The summed E-state index contributed by atoms with van der Waals surface area (Å²) in [7, 11) is -2.16. The van der Waals surface area contributed by atoms with Crippen LogP contribution in [0.5, 0.6) is 11.5 Å². The van der Waals surface area contributed by atoms with E-state index >= 15 is 0 Å². The highest BCUT2D eigenvalue weighted by Crippen LogP contribution is 2.56. The molecule has 1 aliphatic rings. The molecule has 9 nitrogen and oxygen atoms in total. The van der Waals surface area contributed by atoms with Gasteiger partial charge in [-0.3, -0.25) is 18.5 Å². The van der Waals surface area contributed by atoms with Crippen molar-refractivity contribution in [2.75, 3.05) is 12.4 Å². The number of fused-ring (bicyclic) bond motifs is 2. The smallest absolute Gasteiger partial charge is 0.267 e. The molecule has 0 atom stereocenters. The predicted octanol–water partition coefficient (Wildman–Crippen LogP) is 4.05. The third-order valence-corrected chi connectivity index (χ3v) is 6.48. The van der Waals surface area contributed by atoms with Crippen LogP contribution in [-0.2, 0) is 6.54 Å². The summed E-state index contributed by atoms with van der Waals surface area (Å²) in [5, 5.41) is 14.3. The number of aromatic hydroxyl groups is 1. The van der Waals surface area contributed by atoms with Crippen LogP contribution in [0.25, 0.3) is 11.0 Å². The first-order valence-electron chi connectivity index (χ1n) is 9.77. The molecule has 0 fully saturated rings. The first kappa shape index (κ1) is 21.2. The van der Waals surface area contributed by atoms with Gasteiger partial charge in [0.1, 0.15) is 27.6 Å². The average molecular weight is 445 g/mol. The Kier molecular flexibility index (Phi) is 5.38. The molecule has 1 aliphatic heterocycles. The summed E-state index contributed by atoms with van der Waals surface area (Å²) in [6.45, 7) is 4.50. The molecule has 0 amide bonds. The standard InChI is InChI=1S/C21H24N4O5S/c1-12(2)8-10-25-20-14(5-4-9-22-20)18(26)17(21(25)27)19-23-15-7-6-13(30-3)11-16(15)31(28,29)24-19/h4-7,9,11-12,26,28-29H,8,10H2,1-3H3,(H,23,24). The van der Waals surface area contributed by atoms with Crippen molar-refractivity contribution in [3.63, 3.8) is 0 Å². The second kappa shape index (κ2) is 7.88. The molecule has 0 spiro atoms. The molecule has 3 aromatic rings. The summed E-state index contributed by atoms with van der Waals surface area (Å²) in [4.78, 5) is 17.8. The van der Waals surface area contributed by atoms with E-state index in [1.54, 1.807) is 30.5 Å². The molecule has 0 unspecified atom stereocenters. The van der Waals surface area contributed by atoms with Crippen molar-refractivity contribution in [1.29, 1.82) is 0 Å². The normalized spacial score (nSPS) is 15.9. The first-order valence-corrected chi connectivity index (χ1v) is 11.3. The van der Waals surface area contributed by atoms with Crippen LogP contribution in [0.15, 0.2) is 50.6 Å². The number of anilines is 1. The molecule has 1 aromatic carbocycles. The molecule has 164 valence electrons. The maximum absolute atomic E-state index is 13.4. The summed E-state index contributed by atoms with van der Waals surface area (Å²) in [5.74, 6) is 0.369. The fourth-order valence-corrected chi connectivity index (χ4v) is 4.64. The van der Waals surface area contributed by atoms with Crippen LogP contribution in [0, 0.1) is 5.92 Å². The van der Waals surface area contributed by atoms with E-state index in [4.69, 9.17) is 4.74 Å². The molecule has 31 heavy (non-hydrogen) atoms. The SMILES string of the molecule is COc1ccc2c(c1)S(O)(O)N=C(c1c(O)c3cccnc3n(CCC(C)C)c1=O)N2. The topological polar surface area (TPSA) is 129 Å². The largest absolute Gasteiger partial charge is 0.506 e. The lowest BCUT2D eigenvalue weighted by atomic mass is 10.1. The molecule has 0 saturated heterocycles. The van der Waals surface area contributed by atoms with E-state index in [0.29, 0.717) is 34.9 Å². The molecule has 10 heteroatoms. The number of methoxy groups -OCH3 is 1. The van der Waals surface area contributed by atoms with Crippen LogP contribution in [-0.4, -0.2) is 36.7 Å². The third-order valence-electron chi connectivity index (χ3n) is 5.12. The average Bonchev–Trinajstić information content (AvgIpc) is 2.73. The number of pyridine rings is 2. The van der Waals surface area contributed by atoms with Crippen LogP contribution < -0.4 is 15.6 Å². The lowest BCUT2D eigenvalue weighted by Gasteiger charge is -2.34. The lowest BCUT2D eigenvalue weighted by molar-refractivity contribution is 0.412. The Bertz CT molecular complexity index is 1250. The number of amidine groups is 1. The van der Waals surface area contributed by atoms with Crippen molar-refractivity contribution in [1.82, 2.24) is 9.55 Å². The van der Waals surface area contributed by atoms with Crippen LogP contribution in [0.4, 0.5) is 5.69 Å². The lowest BCUT2D eigenvalue weighted by Crippen LogP contribution is -2.32. The second-order valence-corrected chi connectivity index (χ2v) is 9.34. The minimum atomic E-state index is -3.63. The van der Waals surface area contributed by atoms with Gasteiger partial charge >= 0.3 is 0 Å². The number of hydrogen-bond donors (Lipinski definition) is 4. The molecule has 0 radical (unpaired) electrons. The maximum atomic E-state index is 13.4. The molecular formula is C21H24N4O5S. The zero-order chi connectivity index (χ0) is 22.3. The molecular weight excluding hydrogens is 420 g/mol. The second-order valence-electron chi connectivity index (χ2n) is 7.68. The number of benzene rings is 1. The number of aromatic nitrogens is 2. The highest BCUT2D eigenvalue weighted by Gasteiger charge is 2.31. The number of nitrogens with one attached hydrogen (secondary N) is 1. The van der Waals surface area contributed by atoms with Crippen molar-refractivity contribution in [2.24, 2.45) is 10.3 Å². The Morgan fingerprint density at radius 3 is 2.74 bits per heavy atom. The van der Waals surface area contributed by atoms with Gasteiger partial charge in [0.05, 0.1) is 18.2 Å². The summed E-state index contributed by atoms with van der Waals surface area (Å²) < 4.78 is 32.0. The van der Waals surface area contributed by atoms with Gasteiger partial charge < -0.3 is 15.2 Å². The van der Waals surface area contributed by atoms with Gasteiger partial charge in [0, 0.05) is 18.8 Å². The number of rotatable bonds is 5. The summed E-state index contributed by atoms with van der Waals surface area (Å²) in [5.41, 5.74) is 0.0839. The molecule has 3 heterocycles. The zero-order valence-corrected chi connectivity index (χ0v) is 18.2. The van der Waals surface area contributed by atoms with E-state index in [9.17, 15) is 19.0 Å². The Morgan fingerprint density at radius 1 is 1.26 bits per heavy atom. The summed E-state index contributed by atoms with van der Waals surface area (Å²) >= 11 is 0. The van der Waals surface area contributed by atoms with Crippen molar-refractivity contribution >= 4 is 33.3 Å².